The molecule has 0 aliphatic heterocycles. The number of nitrogens with zero attached hydrogens (tertiary/aromatic N) is 1. The van der Waals surface area contributed by atoms with E-state index in [0.717, 1.165) is 14.5 Å². The van der Waals surface area contributed by atoms with Gasteiger partial charge < -0.3 is 5.32 Å². The molecule has 0 saturated carbocycles. The van der Waals surface area contributed by atoms with E-state index in [9.17, 15) is 10.1 Å². The van der Waals surface area contributed by atoms with E-state index < -0.39 is 4.92 Å². The highest BCUT2D eigenvalue weighted by Gasteiger charge is 2.09. The summed E-state index contributed by atoms with van der Waals surface area (Å²) >= 11 is 6.78. The Morgan fingerprint density at radius 1 is 1.16 bits per heavy atom. The van der Waals surface area contributed by atoms with Crippen molar-refractivity contribution in [3.63, 3.8) is 0 Å². The van der Waals surface area contributed by atoms with Crippen LogP contribution in [0.5, 0.6) is 0 Å². The average molecular weight is 386 g/mol. The lowest BCUT2D eigenvalue weighted by molar-refractivity contribution is -0.384. The molecule has 0 aromatic heterocycles. The summed E-state index contributed by atoms with van der Waals surface area (Å²) in [6.45, 7) is 0.596. The first kappa shape index (κ1) is 14.0. The van der Waals surface area contributed by atoms with Gasteiger partial charge in [-0.1, -0.05) is 28.1 Å². The lowest BCUT2D eigenvalue weighted by Crippen LogP contribution is -2.00. The number of anilines is 1. The largest absolute Gasteiger partial charge is 0.380 e. The van der Waals surface area contributed by atoms with Gasteiger partial charge in [0.15, 0.2) is 0 Å². The first-order valence-electron chi connectivity index (χ1n) is 5.48. The Morgan fingerprint density at radius 3 is 2.63 bits per heavy atom. The van der Waals surface area contributed by atoms with Crippen molar-refractivity contribution in [1.82, 2.24) is 0 Å². The quantitative estimate of drug-likeness (QED) is 0.611. The van der Waals surface area contributed by atoms with Crippen LogP contribution >= 0.6 is 31.9 Å². The van der Waals surface area contributed by atoms with E-state index in [2.05, 4.69) is 37.2 Å². The van der Waals surface area contributed by atoms with Crippen LogP contribution in [0.1, 0.15) is 5.56 Å². The summed E-state index contributed by atoms with van der Waals surface area (Å²) in [4.78, 5) is 10.3. The number of benzene rings is 2. The molecule has 98 valence electrons. The molecule has 4 nitrogen and oxygen atoms in total. The lowest BCUT2D eigenvalue weighted by atomic mass is 10.2. The monoisotopic (exact) mass is 384 g/mol. The fourth-order valence-electron chi connectivity index (χ4n) is 1.61. The number of hydrogen-bond donors (Lipinski definition) is 1. The van der Waals surface area contributed by atoms with Crippen molar-refractivity contribution >= 4 is 43.2 Å². The topological polar surface area (TPSA) is 55.2 Å². The van der Waals surface area contributed by atoms with Crippen LogP contribution in [0.25, 0.3) is 0 Å². The van der Waals surface area contributed by atoms with E-state index in [1.165, 1.54) is 12.1 Å². The molecule has 0 spiro atoms. The van der Waals surface area contributed by atoms with Crippen molar-refractivity contribution in [3.05, 3.63) is 67.1 Å². The number of nitrogens with one attached hydrogen (secondary N) is 1. The first-order chi connectivity index (χ1) is 9.06. The molecule has 0 atom stereocenters. The summed E-state index contributed by atoms with van der Waals surface area (Å²) in [6.07, 6.45) is 0. The van der Waals surface area contributed by atoms with Crippen LogP contribution in [0.3, 0.4) is 0 Å². The third-order valence-electron chi connectivity index (χ3n) is 2.53. The van der Waals surface area contributed by atoms with Crippen molar-refractivity contribution in [1.29, 1.82) is 0 Å². The van der Waals surface area contributed by atoms with Crippen LogP contribution in [0.4, 0.5) is 11.4 Å². The van der Waals surface area contributed by atoms with Gasteiger partial charge in [-0.2, -0.15) is 0 Å². The van der Waals surface area contributed by atoms with Gasteiger partial charge in [-0.25, -0.2) is 0 Å². The highest BCUT2D eigenvalue weighted by molar-refractivity contribution is 9.10. The maximum absolute atomic E-state index is 10.7. The van der Waals surface area contributed by atoms with E-state index in [4.69, 9.17) is 0 Å². The molecule has 0 radical (unpaired) electrons. The van der Waals surface area contributed by atoms with Crippen LogP contribution in [-0.2, 0) is 6.54 Å². The zero-order valence-corrected chi connectivity index (χ0v) is 12.9. The molecule has 19 heavy (non-hydrogen) atoms. The smallest absolute Gasteiger partial charge is 0.271 e. The summed E-state index contributed by atoms with van der Waals surface area (Å²) in [6, 6.07) is 12.5. The Kier molecular flexibility index (Phi) is 4.55. The molecule has 1 N–H and O–H groups in total. The van der Waals surface area contributed by atoms with Crippen molar-refractivity contribution in [2.75, 3.05) is 5.32 Å². The molecule has 2 aromatic rings. The minimum Gasteiger partial charge on any atom is -0.380 e. The van der Waals surface area contributed by atoms with Gasteiger partial charge >= 0.3 is 0 Å². The zero-order chi connectivity index (χ0) is 13.8. The lowest BCUT2D eigenvalue weighted by Gasteiger charge is -2.08. The van der Waals surface area contributed by atoms with Crippen molar-refractivity contribution < 1.29 is 4.92 Å². The van der Waals surface area contributed by atoms with Crippen LogP contribution in [-0.4, -0.2) is 4.92 Å². The molecule has 0 aliphatic carbocycles. The van der Waals surface area contributed by atoms with Crippen LogP contribution in [0, 0.1) is 10.1 Å². The molecule has 0 unspecified atom stereocenters. The second kappa shape index (κ2) is 6.16. The Morgan fingerprint density at radius 2 is 1.95 bits per heavy atom. The number of non-ortho nitro benzene ring substituents is 1. The molecule has 0 saturated heterocycles. The van der Waals surface area contributed by atoms with Crippen molar-refractivity contribution in [2.24, 2.45) is 0 Å². The van der Waals surface area contributed by atoms with Gasteiger partial charge in [-0.15, -0.1) is 0 Å². The third-order valence-corrected chi connectivity index (χ3v) is 3.72. The molecule has 0 aliphatic rings. The van der Waals surface area contributed by atoms with Crippen LogP contribution in [0.2, 0.25) is 0 Å². The number of hydrogen-bond acceptors (Lipinski definition) is 3. The standard InChI is InChI=1S/C13H10Br2N2O2/c14-10-3-1-2-9(6-10)8-16-13-7-11(17(18)19)4-5-12(13)15/h1-7,16H,8H2. The predicted octanol–water partition coefficient (Wildman–Crippen LogP) is 4.73. The molecule has 0 fully saturated rings. The zero-order valence-electron chi connectivity index (χ0n) is 9.77. The summed E-state index contributed by atoms with van der Waals surface area (Å²) < 4.78 is 1.80. The highest BCUT2D eigenvalue weighted by Crippen LogP contribution is 2.27. The van der Waals surface area contributed by atoms with Gasteiger partial charge in [-0.3, -0.25) is 10.1 Å². The average Bonchev–Trinajstić information content (AvgIpc) is 2.37. The first-order valence-corrected chi connectivity index (χ1v) is 7.07. The maximum Gasteiger partial charge on any atom is 0.271 e. The number of halogens is 2. The molecule has 0 amide bonds. The minimum atomic E-state index is -0.406. The Balaban J connectivity index is 2.15. The summed E-state index contributed by atoms with van der Waals surface area (Å²) in [7, 11) is 0. The van der Waals surface area contributed by atoms with Gasteiger partial charge in [-0.05, 0) is 39.7 Å². The number of nitro groups is 1. The van der Waals surface area contributed by atoms with E-state index in [-0.39, 0.29) is 5.69 Å². The Bertz CT molecular complexity index is 617. The normalized spacial score (nSPS) is 10.2. The summed E-state index contributed by atoms with van der Waals surface area (Å²) in [5.74, 6) is 0. The third kappa shape index (κ3) is 3.78. The summed E-state index contributed by atoms with van der Waals surface area (Å²) in [5, 5.41) is 13.9. The molecule has 2 rings (SSSR count). The SMILES string of the molecule is O=[N+]([O-])c1ccc(Br)c(NCc2cccc(Br)c2)c1. The van der Waals surface area contributed by atoms with Crippen molar-refractivity contribution in [3.8, 4) is 0 Å². The molecule has 0 heterocycles. The fourth-order valence-corrected chi connectivity index (χ4v) is 2.44. The van der Waals surface area contributed by atoms with Gasteiger partial charge in [0, 0.05) is 27.6 Å². The number of rotatable bonds is 4. The maximum atomic E-state index is 10.7. The van der Waals surface area contributed by atoms with E-state index >= 15 is 0 Å². The second-order valence-electron chi connectivity index (χ2n) is 3.90. The fraction of sp³-hybridized carbons (Fsp3) is 0.0769. The predicted molar refractivity (Wildman–Crippen MR) is 82.3 cm³/mol. The Labute approximate surface area is 127 Å². The molecular weight excluding hydrogens is 376 g/mol. The molecule has 6 heteroatoms. The minimum absolute atomic E-state index is 0.0694. The van der Waals surface area contributed by atoms with E-state index in [1.807, 2.05) is 24.3 Å². The molecular formula is C13H10Br2N2O2. The van der Waals surface area contributed by atoms with Crippen LogP contribution < -0.4 is 5.32 Å². The second-order valence-corrected chi connectivity index (χ2v) is 5.67. The van der Waals surface area contributed by atoms with Gasteiger partial charge in [0.05, 0.1) is 10.6 Å². The van der Waals surface area contributed by atoms with Gasteiger partial charge in [0.25, 0.3) is 5.69 Å². The van der Waals surface area contributed by atoms with Gasteiger partial charge in [0.1, 0.15) is 0 Å². The summed E-state index contributed by atoms with van der Waals surface area (Å²) in [5.41, 5.74) is 1.86. The Hall–Kier alpha value is -1.40. The van der Waals surface area contributed by atoms with Gasteiger partial charge in [0.2, 0.25) is 0 Å². The van der Waals surface area contributed by atoms with E-state index in [0.29, 0.717) is 12.2 Å². The van der Waals surface area contributed by atoms with Crippen molar-refractivity contribution in [2.45, 2.75) is 6.54 Å². The van der Waals surface area contributed by atoms with E-state index in [1.54, 1.807) is 6.07 Å². The molecule has 2 aromatic carbocycles. The molecule has 0 bridgehead atoms. The number of nitro benzene ring substituents is 1. The highest BCUT2D eigenvalue weighted by atomic mass is 79.9. The van der Waals surface area contributed by atoms with Crippen LogP contribution in [0.15, 0.2) is 51.4 Å².